The Bertz CT molecular complexity index is 401. The van der Waals surface area contributed by atoms with E-state index in [9.17, 15) is 0 Å². The maximum atomic E-state index is 5.74. The lowest BCUT2D eigenvalue weighted by molar-refractivity contribution is 0.280. The first-order valence-corrected chi connectivity index (χ1v) is 7.15. The molecule has 0 amide bonds. The Kier molecular flexibility index (Phi) is 3.35. The zero-order chi connectivity index (χ0) is 12.5. The van der Waals surface area contributed by atoms with Crippen LogP contribution in [-0.2, 0) is 0 Å². The van der Waals surface area contributed by atoms with Crippen LogP contribution in [0.15, 0.2) is 18.3 Å². The lowest BCUT2D eigenvalue weighted by atomic mass is 9.83. The summed E-state index contributed by atoms with van der Waals surface area (Å²) >= 11 is 0. The molecule has 3 rings (SSSR count). The first-order chi connectivity index (χ1) is 8.76. The summed E-state index contributed by atoms with van der Waals surface area (Å²) in [5, 5.41) is 0. The van der Waals surface area contributed by atoms with Crippen molar-refractivity contribution in [3.63, 3.8) is 0 Å². The van der Waals surface area contributed by atoms with Crippen LogP contribution in [0.1, 0.15) is 49.4 Å². The predicted molar refractivity (Wildman–Crippen MR) is 72.6 cm³/mol. The molecule has 4 atom stereocenters. The molecular formula is C15H23N3. The molecule has 2 fully saturated rings. The van der Waals surface area contributed by atoms with E-state index in [0.717, 1.165) is 23.4 Å². The summed E-state index contributed by atoms with van der Waals surface area (Å²) < 4.78 is 0. The standard InChI is InChI=1S/C15H23N3/c1-10-2-4-13(9-17-10)15(18-16)8-14-7-11-3-5-12(14)6-11/h2,4,9,11-12,14-15,18H,3,5-8,16H2,1H3. The number of aromatic nitrogens is 1. The highest BCUT2D eigenvalue weighted by Gasteiger charge is 2.40. The summed E-state index contributed by atoms with van der Waals surface area (Å²) in [4.78, 5) is 4.37. The van der Waals surface area contributed by atoms with Crippen molar-refractivity contribution in [2.45, 2.75) is 45.1 Å². The third-order valence-electron chi connectivity index (χ3n) is 4.96. The van der Waals surface area contributed by atoms with Gasteiger partial charge in [-0.25, -0.2) is 0 Å². The van der Waals surface area contributed by atoms with E-state index in [4.69, 9.17) is 5.84 Å². The number of hydrogen-bond donors (Lipinski definition) is 2. The molecule has 3 N–H and O–H groups in total. The molecule has 1 aromatic rings. The van der Waals surface area contributed by atoms with Gasteiger partial charge < -0.3 is 0 Å². The molecule has 0 saturated heterocycles. The summed E-state index contributed by atoms with van der Waals surface area (Å²) in [6.45, 7) is 2.02. The molecule has 3 nitrogen and oxygen atoms in total. The van der Waals surface area contributed by atoms with Crippen molar-refractivity contribution in [2.24, 2.45) is 23.6 Å². The summed E-state index contributed by atoms with van der Waals surface area (Å²) in [5.41, 5.74) is 5.28. The number of fused-ring (bicyclic) bond motifs is 2. The van der Waals surface area contributed by atoms with Crippen LogP contribution >= 0.6 is 0 Å². The fourth-order valence-corrected chi connectivity index (χ4v) is 3.95. The molecule has 0 aromatic carbocycles. The van der Waals surface area contributed by atoms with Gasteiger partial charge in [-0.05, 0) is 62.0 Å². The molecule has 0 radical (unpaired) electrons. The van der Waals surface area contributed by atoms with Crippen LogP contribution in [-0.4, -0.2) is 4.98 Å². The summed E-state index contributed by atoms with van der Waals surface area (Å²) in [6.07, 6.45) is 8.93. The molecule has 18 heavy (non-hydrogen) atoms. The van der Waals surface area contributed by atoms with Crippen molar-refractivity contribution >= 4 is 0 Å². The van der Waals surface area contributed by atoms with Crippen molar-refractivity contribution in [1.29, 1.82) is 0 Å². The Morgan fingerprint density at radius 1 is 1.39 bits per heavy atom. The Balaban J connectivity index is 1.67. The third kappa shape index (κ3) is 2.29. The fourth-order valence-electron chi connectivity index (χ4n) is 3.95. The van der Waals surface area contributed by atoms with Crippen LogP contribution < -0.4 is 11.3 Å². The predicted octanol–water partition coefficient (Wildman–Crippen LogP) is 2.72. The van der Waals surface area contributed by atoms with Gasteiger partial charge in [0.15, 0.2) is 0 Å². The second-order valence-corrected chi connectivity index (χ2v) is 6.12. The quantitative estimate of drug-likeness (QED) is 0.633. The van der Waals surface area contributed by atoms with Crippen LogP contribution in [0.4, 0.5) is 0 Å². The zero-order valence-corrected chi connectivity index (χ0v) is 11.1. The van der Waals surface area contributed by atoms with E-state index in [2.05, 4.69) is 22.5 Å². The first-order valence-electron chi connectivity index (χ1n) is 7.15. The van der Waals surface area contributed by atoms with E-state index in [0.29, 0.717) is 0 Å². The van der Waals surface area contributed by atoms with Crippen LogP contribution in [0.25, 0.3) is 0 Å². The molecule has 0 aliphatic heterocycles. The van der Waals surface area contributed by atoms with Gasteiger partial charge in [-0.3, -0.25) is 16.3 Å². The van der Waals surface area contributed by atoms with Crippen LogP contribution in [0.3, 0.4) is 0 Å². The van der Waals surface area contributed by atoms with Crippen molar-refractivity contribution < 1.29 is 0 Å². The molecule has 2 aliphatic carbocycles. The number of hydrogen-bond acceptors (Lipinski definition) is 3. The second-order valence-electron chi connectivity index (χ2n) is 6.12. The number of nitrogens with zero attached hydrogens (tertiary/aromatic N) is 1. The topological polar surface area (TPSA) is 50.9 Å². The molecule has 1 aromatic heterocycles. The highest BCUT2D eigenvalue weighted by molar-refractivity contribution is 5.17. The number of rotatable bonds is 4. The summed E-state index contributed by atoms with van der Waals surface area (Å²) in [5.74, 6) is 8.58. The van der Waals surface area contributed by atoms with Gasteiger partial charge in [0.2, 0.25) is 0 Å². The number of nitrogens with two attached hydrogens (primary N) is 1. The van der Waals surface area contributed by atoms with Gasteiger partial charge in [0.1, 0.15) is 0 Å². The number of aryl methyl sites for hydroxylation is 1. The van der Waals surface area contributed by atoms with Crippen LogP contribution in [0.2, 0.25) is 0 Å². The molecule has 3 heteroatoms. The average molecular weight is 245 g/mol. The van der Waals surface area contributed by atoms with Gasteiger partial charge in [0, 0.05) is 17.9 Å². The zero-order valence-electron chi connectivity index (χ0n) is 11.1. The highest BCUT2D eigenvalue weighted by atomic mass is 15.2. The van der Waals surface area contributed by atoms with E-state index >= 15 is 0 Å². The van der Waals surface area contributed by atoms with Gasteiger partial charge in [0.25, 0.3) is 0 Å². The van der Waals surface area contributed by atoms with Crippen molar-refractivity contribution in [1.82, 2.24) is 10.4 Å². The van der Waals surface area contributed by atoms with Crippen molar-refractivity contribution in [2.75, 3.05) is 0 Å². The van der Waals surface area contributed by atoms with Gasteiger partial charge in [0.05, 0.1) is 0 Å². The number of hydrazine groups is 1. The van der Waals surface area contributed by atoms with E-state index < -0.39 is 0 Å². The van der Waals surface area contributed by atoms with E-state index in [1.54, 1.807) is 0 Å². The normalized spacial score (nSPS) is 31.8. The SMILES string of the molecule is Cc1ccc(C(CC2CC3CCC2C3)NN)cn1. The minimum absolute atomic E-state index is 0.266. The fraction of sp³-hybridized carbons (Fsp3) is 0.667. The monoisotopic (exact) mass is 245 g/mol. The van der Waals surface area contributed by atoms with Gasteiger partial charge in [-0.1, -0.05) is 12.5 Å². The minimum Gasteiger partial charge on any atom is -0.271 e. The number of pyridine rings is 1. The Morgan fingerprint density at radius 3 is 2.83 bits per heavy atom. The summed E-state index contributed by atoms with van der Waals surface area (Å²) in [7, 11) is 0. The molecule has 2 aliphatic rings. The van der Waals surface area contributed by atoms with E-state index in [1.807, 2.05) is 13.1 Å². The molecule has 2 saturated carbocycles. The summed E-state index contributed by atoms with van der Waals surface area (Å²) in [6, 6.07) is 4.49. The highest BCUT2D eigenvalue weighted by Crippen LogP contribution is 2.50. The lowest BCUT2D eigenvalue weighted by Crippen LogP contribution is -2.30. The van der Waals surface area contributed by atoms with Crippen molar-refractivity contribution in [3.8, 4) is 0 Å². The second kappa shape index (κ2) is 4.98. The molecule has 1 heterocycles. The maximum Gasteiger partial charge on any atom is 0.0478 e. The lowest BCUT2D eigenvalue weighted by Gasteiger charge is -2.26. The van der Waals surface area contributed by atoms with Gasteiger partial charge >= 0.3 is 0 Å². The minimum atomic E-state index is 0.266. The van der Waals surface area contributed by atoms with E-state index in [-0.39, 0.29) is 6.04 Å². The number of nitrogens with one attached hydrogen (secondary N) is 1. The van der Waals surface area contributed by atoms with Gasteiger partial charge in [-0.2, -0.15) is 0 Å². The molecule has 2 bridgehead atoms. The van der Waals surface area contributed by atoms with Crippen molar-refractivity contribution in [3.05, 3.63) is 29.6 Å². The van der Waals surface area contributed by atoms with Gasteiger partial charge in [-0.15, -0.1) is 0 Å². The third-order valence-corrected chi connectivity index (χ3v) is 4.96. The molecular weight excluding hydrogens is 222 g/mol. The largest absolute Gasteiger partial charge is 0.271 e. The smallest absolute Gasteiger partial charge is 0.0478 e. The van der Waals surface area contributed by atoms with E-state index in [1.165, 1.54) is 37.7 Å². The Hall–Kier alpha value is -0.930. The van der Waals surface area contributed by atoms with Crippen LogP contribution in [0, 0.1) is 24.7 Å². The molecule has 98 valence electrons. The Labute approximate surface area is 109 Å². The Morgan fingerprint density at radius 2 is 2.28 bits per heavy atom. The van der Waals surface area contributed by atoms with Crippen LogP contribution in [0.5, 0.6) is 0 Å². The maximum absolute atomic E-state index is 5.74. The molecule has 0 spiro atoms. The molecule has 4 unspecified atom stereocenters. The first kappa shape index (κ1) is 12.1. The average Bonchev–Trinajstić information content (AvgIpc) is 2.99.